The predicted octanol–water partition coefficient (Wildman–Crippen LogP) is 4.03. The molecule has 0 spiro atoms. The van der Waals surface area contributed by atoms with Crippen molar-refractivity contribution in [2.24, 2.45) is 0 Å². The van der Waals surface area contributed by atoms with Gasteiger partial charge in [-0.2, -0.15) is 0 Å². The molecule has 0 saturated carbocycles. The molecule has 0 unspecified atom stereocenters. The lowest BCUT2D eigenvalue weighted by Crippen LogP contribution is -2.17. The van der Waals surface area contributed by atoms with Crippen LogP contribution in [0.4, 0.5) is 0 Å². The Labute approximate surface area is 160 Å². The van der Waals surface area contributed by atoms with Crippen LogP contribution in [0.25, 0.3) is 10.9 Å². The Bertz CT molecular complexity index is 1000. The number of hydrogen-bond acceptors (Lipinski definition) is 6. The third-order valence-corrected chi connectivity index (χ3v) is 4.50. The number of carbonyl (C=O) groups excluding carboxylic acids is 1. The summed E-state index contributed by atoms with van der Waals surface area (Å²) in [6.45, 7) is 0.847. The van der Waals surface area contributed by atoms with E-state index in [9.17, 15) is 4.79 Å². The van der Waals surface area contributed by atoms with Crippen LogP contribution in [0.1, 0.15) is 15.9 Å². The highest BCUT2D eigenvalue weighted by Gasteiger charge is 2.21. The maximum absolute atomic E-state index is 12.5. The molecule has 0 N–H and O–H groups in total. The number of halogens is 1. The van der Waals surface area contributed by atoms with E-state index in [0.29, 0.717) is 46.7 Å². The number of ether oxygens (including phenoxy) is 4. The van der Waals surface area contributed by atoms with Crippen LogP contribution >= 0.6 is 11.6 Å². The summed E-state index contributed by atoms with van der Waals surface area (Å²) in [5, 5.41) is 1.23. The zero-order valence-corrected chi connectivity index (χ0v) is 15.3. The number of benzene rings is 2. The standard InChI is InChI=1S/C20H16ClNO5/c1-24-16-9-13(10-17-18(16)26-7-6-25-17)20(23)27-11-14-8-12-4-2-3-5-15(12)22-19(14)21/h2-5,8-10H,6-7,11H2,1H3. The molecule has 0 fully saturated rings. The number of aromatic nitrogens is 1. The second-order valence-corrected chi connectivity index (χ2v) is 6.27. The molecule has 7 heteroatoms. The number of methoxy groups -OCH3 is 1. The van der Waals surface area contributed by atoms with E-state index < -0.39 is 5.97 Å². The normalized spacial score (nSPS) is 12.7. The Morgan fingerprint density at radius 1 is 1.19 bits per heavy atom. The van der Waals surface area contributed by atoms with E-state index in [1.54, 1.807) is 12.1 Å². The van der Waals surface area contributed by atoms with E-state index in [1.807, 2.05) is 30.3 Å². The molecule has 0 saturated heterocycles. The van der Waals surface area contributed by atoms with Gasteiger partial charge in [0.25, 0.3) is 0 Å². The van der Waals surface area contributed by atoms with E-state index in [0.717, 1.165) is 10.9 Å². The summed E-state index contributed by atoms with van der Waals surface area (Å²) in [7, 11) is 1.50. The minimum absolute atomic E-state index is 0.00621. The second kappa shape index (κ2) is 7.32. The average Bonchev–Trinajstić information content (AvgIpc) is 2.71. The number of nitrogens with zero attached hydrogens (tertiary/aromatic N) is 1. The van der Waals surface area contributed by atoms with Gasteiger partial charge in [0.2, 0.25) is 5.75 Å². The highest BCUT2D eigenvalue weighted by Crippen LogP contribution is 2.40. The van der Waals surface area contributed by atoms with Crippen molar-refractivity contribution in [3.8, 4) is 17.2 Å². The summed E-state index contributed by atoms with van der Waals surface area (Å²) in [6, 6.07) is 12.6. The Balaban J connectivity index is 1.55. The molecule has 3 aromatic rings. The van der Waals surface area contributed by atoms with Crippen molar-refractivity contribution < 1.29 is 23.7 Å². The molecular weight excluding hydrogens is 370 g/mol. The third-order valence-electron chi connectivity index (χ3n) is 4.17. The Hall–Kier alpha value is -2.99. The quantitative estimate of drug-likeness (QED) is 0.499. The number of pyridine rings is 1. The van der Waals surface area contributed by atoms with Gasteiger partial charge in [-0.05, 0) is 24.3 Å². The monoisotopic (exact) mass is 385 g/mol. The van der Waals surface area contributed by atoms with Crippen molar-refractivity contribution in [2.75, 3.05) is 20.3 Å². The fraction of sp³-hybridized carbons (Fsp3) is 0.200. The molecule has 0 aliphatic carbocycles. The molecule has 0 amide bonds. The van der Waals surface area contributed by atoms with Gasteiger partial charge in [-0.3, -0.25) is 0 Å². The minimum Gasteiger partial charge on any atom is -0.493 e. The number of para-hydroxylation sites is 1. The molecule has 0 atom stereocenters. The van der Waals surface area contributed by atoms with Gasteiger partial charge in [0.1, 0.15) is 25.0 Å². The van der Waals surface area contributed by atoms with Crippen molar-refractivity contribution in [1.82, 2.24) is 4.98 Å². The largest absolute Gasteiger partial charge is 0.493 e. The van der Waals surface area contributed by atoms with Crippen molar-refractivity contribution in [3.63, 3.8) is 0 Å². The van der Waals surface area contributed by atoms with E-state index in [2.05, 4.69) is 4.98 Å². The molecule has 138 valence electrons. The van der Waals surface area contributed by atoms with Gasteiger partial charge in [0, 0.05) is 10.9 Å². The lowest BCUT2D eigenvalue weighted by molar-refractivity contribution is 0.0471. The number of fused-ring (bicyclic) bond motifs is 2. The first kappa shape index (κ1) is 17.4. The maximum atomic E-state index is 12.5. The fourth-order valence-corrected chi connectivity index (χ4v) is 3.06. The van der Waals surface area contributed by atoms with Crippen molar-refractivity contribution in [1.29, 1.82) is 0 Å². The number of carbonyl (C=O) groups is 1. The van der Waals surface area contributed by atoms with Crippen molar-refractivity contribution in [2.45, 2.75) is 6.61 Å². The van der Waals surface area contributed by atoms with E-state index in [4.69, 9.17) is 30.5 Å². The van der Waals surface area contributed by atoms with Crippen LogP contribution in [0.3, 0.4) is 0 Å². The van der Waals surface area contributed by atoms with Gasteiger partial charge in [-0.15, -0.1) is 0 Å². The molecule has 1 aromatic heterocycles. The van der Waals surface area contributed by atoms with Crippen LogP contribution in [0, 0.1) is 0 Å². The summed E-state index contributed by atoms with van der Waals surface area (Å²) < 4.78 is 21.8. The Kier molecular flexibility index (Phi) is 4.73. The van der Waals surface area contributed by atoms with Crippen molar-refractivity contribution in [3.05, 3.63) is 58.7 Å². The lowest BCUT2D eigenvalue weighted by atomic mass is 10.1. The van der Waals surface area contributed by atoms with E-state index in [1.165, 1.54) is 7.11 Å². The van der Waals surface area contributed by atoms with Crippen LogP contribution in [0.2, 0.25) is 5.15 Å². The van der Waals surface area contributed by atoms with Crippen LogP contribution in [-0.4, -0.2) is 31.3 Å². The molecular formula is C20H16ClNO5. The summed E-state index contributed by atoms with van der Waals surface area (Å²) in [6.07, 6.45) is 0. The smallest absolute Gasteiger partial charge is 0.338 e. The average molecular weight is 386 g/mol. The Morgan fingerprint density at radius 3 is 2.85 bits per heavy atom. The van der Waals surface area contributed by atoms with Crippen LogP contribution in [-0.2, 0) is 11.3 Å². The zero-order valence-electron chi connectivity index (χ0n) is 14.5. The zero-order chi connectivity index (χ0) is 18.8. The van der Waals surface area contributed by atoms with Gasteiger partial charge in [0.05, 0.1) is 18.2 Å². The van der Waals surface area contributed by atoms with E-state index >= 15 is 0 Å². The highest BCUT2D eigenvalue weighted by molar-refractivity contribution is 6.30. The van der Waals surface area contributed by atoms with Crippen LogP contribution in [0.5, 0.6) is 17.2 Å². The number of esters is 1. The topological polar surface area (TPSA) is 66.9 Å². The summed E-state index contributed by atoms with van der Waals surface area (Å²) in [4.78, 5) is 16.8. The lowest BCUT2D eigenvalue weighted by Gasteiger charge is -2.21. The third kappa shape index (κ3) is 3.48. The first-order valence-corrected chi connectivity index (χ1v) is 8.72. The molecule has 6 nitrogen and oxygen atoms in total. The first-order valence-electron chi connectivity index (χ1n) is 8.34. The summed E-state index contributed by atoms with van der Waals surface area (Å²) >= 11 is 6.22. The number of rotatable bonds is 4. The molecule has 27 heavy (non-hydrogen) atoms. The van der Waals surface area contributed by atoms with E-state index in [-0.39, 0.29) is 6.61 Å². The Morgan fingerprint density at radius 2 is 2.00 bits per heavy atom. The van der Waals surface area contributed by atoms with Crippen LogP contribution < -0.4 is 14.2 Å². The second-order valence-electron chi connectivity index (χ2n) is 5.91. The molecule has 1 aliphatic rings. The molecule has 2 aromatic carbocycles. The summed E-state index contributed by atoms with van der Waals surface area (Å²) in [5.74, 6) is 0.846. The molecule has 1 aliphatic heterocycles. The van der Waals surface area contributed by atoms with Gasteiger partial charge in [0.15, 0.2) is 11.5 Å². The summed E-state index contributed by atoms with van der Waals surface area (Å²) in [5.41, 5.74) is 1.73. The molecule has 2 heterocycles. The van der Waals surface area contributed by atoms with Gasteiger partial charge >= 0.3 is 5.97 Å². The van der Waals surface area contributed by atoms with Gasteiger partial charge in [-0.1, -0.05) is 29.8 Å². The molecule has 0 bridgehead atoms. The minimum atomic E-state index is -0.519. The van der Waals surface area contributed by atoms with Gasteiger partial charge < -0.3 is 18.9 Å². The maximum Gasteiger partial charge on any atom is 0.338 e. The first-order chi connectivity index (χ1) is 13.2. The van der Waals surface area contributed by atoms with Crippen LogP contribution in [0.15, 0.2) is 42.5 Å². The predicted molar refractivity (Wildman–Crippen MR) is 99.9 cm³/mol. The highest BCUT2D eigenvalue weighted by atomic mass is 35.5. The van der Waals surface area contributed by atoms with Gasteiger partial charge in [-0.25, -0.2) is 9.78 Å². The molecule has 0 radical (unpaired) electrons. The number of hydrogen-bond donors (Lipinski definition) is 0. The van der Waals surface area contributed by atoms with Crippen molar-refractivity contribution >= 4 is 28.5 Å². The molecule has 4 rings (SSSR count). The SMILES string of the molecule is COc1cc(C(=O)OCc2cc3ccccc3nc2Cl)cc2c1OCCO2. The fourth-order valence-electron chi connectivity index (χ4n) is 2.86.